The molecule has 3 aliphatic rings. The van der Waals surface area contributed by atoms with Crippen molar-refractivity contribution in [3.05, 3.63) is 83.4 Å². The summed E-state index contributed by atoms with van der Waals surface area (Å²) in [7, 11) is 0. The zero-order valence-electron chi connectivity index (χ0n) is 30.3. The van der Waals surface area contributed by atoms with Gasteiger partial charge in [0.15, 0.2) is 0 Å². The van der Waals surface area contributed by atoms with E-state index in [0.29, 0.717) is 43.9 Å². The van der Waals surface area contributed by atoms with Gasteiger partial charge in [-0.15, -0.1) is 0 Å². The van der Waals surface area contributed by atoms with Gasteiger partial charge in [-0.1, -0.05) is 18.2 Å². The first-order valence-electron chi connectivity index (χ1n) is 18.4. The summed E-state index contributed by atoms with van der Waals surface area (Å²) in [5.74, 6) is -0.673. The molecule has 1 unspecified atom stereocenters. The number of hydrogen-bond acceptors (Lipinski definition) is 9. The summed E-state index contributed by atoms with van der Waals surface area (Å²) < 4.78 is 34.1. The van der Waals surface area contributed by atoms with Gasteiger partial charge in [-0.2, -0.15) is 0 Å². The molecule has 3 aromatic heterocycles. The van der Waals surface area contributed by atoms with E-state index in [1.807, 2.05) is 49.2 Å². The molecule has 7 rings (SSSR count). The average Bonchev–Trinajstić information content (AvgIpc) is 3.58. The van der Waals surface area contributed by atoms with E-state index in [1.165, 1.54) is 18.2 Å². The van der Waals surface area contributed by atoms with Crippen LogP contribution >= 0.6 is 0 Å². The van der Waals surface area contributed by atoms with Crippen LogP contribution in [0.4, 0.5) is 20.3 Å². The van der Waals surface area contributed by atoms with E-state index >= 15 is 0 Å². The molecule has 3 saturated heterocycles. The number of imidazole rings is 1. The Hall–Kier alpha value is -5.44. The lowest BCUT2D eigenvalue weighted by molar-refractivity contribution is -0.134. The topological polar surface area (TPSA) is 141 Å². The molecule has 13 nitrogen and oxygen atoms in total. The van der Waals surface area contributed by atoms with E-state index in [4.69, 9.17) is 9.72 Å². The van der Waals surface area contributed by atoms with Crippen molar-refractivity contribution in [3.8, 4) is 5.75 Å². The molecule has 4 amide bonds. The summed E-state index contributed by atoms with van der Waals surface area (Å²) in [5, 5.41) is 5.04. The number of halogens is 2. The van der Waals surface area contributed by atoms with Gasteiger partial charge in [-0.3, -0.25) is 29.4 Å². The second-order valence-electron chi connectivity index (χ2n) is 14.4. The molecular formula is C39H44F2N8O5. The lowest BCUT2D eigenvalue weighted by Crippen LogP contribution is -2.51. The van der Waals surface area contributed by atoms with Gasteiger partial charge in [0.1, 0.15) is 22.9 Å². The van der Waals surface area contributed by atoms with Gasteiger partial charge in [-0.05, 0) is 76.0 Å². The number of aromatic nitrogens is 3. The first kappa shape index (κ1) is 36.9. The quantitative estimate of drug-likeness (QED) is 0.220. The number of piperazine rings is 1. The Kier molecular flexibility index (Phi) is 10.9. The summed E-state index contributed by atoms with van der Waals surface area (Å²) in [6.45, 7) is 8.27. The fourth-order valence-corrected chi connectivity index (χ4v) is 7.40. The maximum atomic E-state index is 13.3. The van der Waals surface area contributed by atoms with Crippen LogP contribution < -0.4 is 20.3 Å². The Morgan fingerprint density at radius 3 is 2.37 bits per heavy atom. The van der Waals surface area contributed by atoms with Crippen molar-refractivity contribution in [2.24, 2.45) is 0 Å². The van der Waals surface area contributed by atoms with E-state index in [-0.39, 0.29) is 47.0 Å². The number of carbonyl (C=O) groups excluding carboxylic acids is 4. The molecule has 0 spiro atoms. The third kappa shape index (κ3) is 8.35. The minimum atomic E-state index is -2.76. The smallest absolute Gasteiger partial charge is 0.280 e. The van der Waals surface area contributed by atoms with Gasteiger partial charge in [0.2, 0.25) is 17.7 Å². The molecule has 15 heteroatoms. The van der Waals surface area contributed by atoms with Crippen LogP contribution in [0.15, 0.2) is 60.9 Å². The predicted molar refractivity (Wildman–Crippen MR) is 197 cm³/mol. The number of pyridine rings is 2. The Morgan fingerprint density at radius 1 is 0.944 bits per heavy atom. The summed E-state index contributed by atoms with van der Waals surface area (Å²) in [5.41, 5.74) is 3.26. The Balaban J connectivity index is 0.918. The van der Waals surface area contributed by atoms with Crippen molar-refractivity contribution in [1.29, 1.82) is 0 Å². The van der Waals surface area contributed by atoms with Crippen LogP contribution in [0.3, 0.4) is 0 Å². The maximum Gasteiger partial charge on any atom is 0.280 e. The van der Waals surface area contributed by atoms with Crippen molar-refractivity contribution in [1.82, 2.24) is 29.5 Å². The highest BCUT2D eigenvalue weighted by Gasteiger charge is 2.30. The van der Waals surface area contributed by atoms with Gasteiger partial charge < -0.3 is 24.3 Å². The molecule has 0 saturated carbocycles. The molecule has 4 aromatic rings. The number of hydrogen-bond donors (Lipinski definition) is 2. The number of benzene rings is 1. The van der Waals surface area contributed by atoms with Crippen LogP contribution in [-0.2, 0) is 14.4 Å². The minimum Gasteiger partial charge on any atom is -0.490 e. The van der Waals surface area contributed by atoms with Crippen molar-refractivity contribution in [3.63, 3.8) is 0 Å². The number of rotatable bonds is 10. The van der Waals surface area contributed by atoms with Gasteiger partial charge in [0.25, 0.3) is 12.3 Å². The molecule has 54 heavy (non-hydrogen) atoms. The van der Waals surface area contributed by atoms with Crippen LogP contribution in [0.5, 0.6) is 5.75 Å². The molecule has 1 atom stereocenters. The number of nitrogens with one attached hydrogen (secondary N) is 2. The van der Waals surface area contributed by atoms with Gasteiger partial charge in [-0.25, -0.2) is 18.7 Å². The number of imide groups is 1. The number of carbonyl (C=O) groups is 4. The number of alkyl halides is 2. The van der Waals surface area contributed by atoms with E-state index in [2.05, 4.69) is 25.4 Å². The van der Waals surface area contributed by atoms with Crippen molar-refractivity contribution in [2.45, 2.75) is 63.9 Å². The first-order valence-corrected chi connectivity index (χ1v) is 18.4. The first-order chi connectivity index (χ1) is 26.0. The molecule has 3 aliphatic heterocycles. The Bertz CT molecular complexity index is 2020. The van der Waals surface area contributed by atoms with Gasteiger partial charge >= 0.3 is 0 Å². The molecular weight excluding hydrogens is 698 g/mol. The van der Waals surface area contributed by atoms with Crippen LogP contribution in [0, 0.1) is 0 Å². The molecule has 3 fully saturated rings. The van der Waals surface area contributed by atoms with E-state index < -0.39 is 18.0 Å². The number of anilines is 2. The van der Waals surface area contributed by atoms with Crippen LogP contribution in [0.25, 0.3) is 5.65 Å². The molecule has 284 valence electrons. The highest BCUT2D eigenvalue weighted by molar-refractivity contribution is 6.06. The molecule has 0 aliphatic carbocycles. The number of likely N-dealkylation sites (tertiary alicyclic amines) is 1. The van der Waals surface area contributed by atoms with Gasteiger partial charge in [0.05, 0.1) is 29.8 Å². The third-order valence-electron chi connectivity index (χ3n) is 10.3. The zero-order chi connectivity index (χ0) is 37.9. The molecule has 6 heterocycles. The molecule has 1 aromatic carbocycles. The standard InChI is InChI=1S/C39H44F2N8O5/c1-24(2)54-32-20-34-43-31(22-49(34)21-29(32)39(53)44-33-5-3-4-30(42-33)37(40)41)26-12-14-46(15-13-26)23-36(51)48-18-16-47(17-19-48)27-8-6-25(7-9-27)28-10-11-35(50)45-38(28)52/h3-9,20-22,24,26,28,37H,10-19,23H2,1-2H3,(H,42,44,53)(H,45,50,52). The van der Waals surface area contributed by atoms with Crippen LogP contribution in [-0.4, -0.2) is 99.7 Å². The average molecular weight is 743 g/mol. The number of ether oxygens (including phenoxy) is 1. The second kappa shape index (κ2) is 15.9. The van der Waals surface area contributed by atoms with Gasteiger partial charge in [0, 0.05) is 62.7 Å². The number of fused-ring (bicyclic) bond motifs is 1. The second-order valence-corrected chi connectivity index (χ2v) is 14.4. The molecule has 0 radical (unpaired) electrons. The monoisotopic (exact) mass is 742 g/mol. The predicted octanol–water partition coefficient (Wildman–Crippen LogP) is 4.75. The number of amides is 4. The lowest BCUT2D eigenvalue weighted by Gasteiger charge is -2.38. The minimum absolute atomic E-state index is 0.0165. The lowest BCUT2D eigenvalue weighted by atomic mass is 9.90. The highest BCUT2D eigenvalue weighted by Crippen LogP contribution is 2.31. The summed E-state index contributed by atoms with van der Waals surface area (Å²) in [6.07, 6.45) is 3.09. The summed E-state index contributed by atoms with van der Waals surface area (Å²) in [6, 6.07) is 13.7. The van der Waals surface area contributed by atoms with Crippen LogP contribution in [0.2, 0.25) is 0 Å². The summed E-state index contributed by atoms with van der Waals surface area (Å²) in [4.78, 5) is 65.5. The fourth-order valence-electron chi connectivity index (χ4n) is 7.40. The fraction of sp³-hybridized carbons (Fsp3) is 0.436. The van der Waals surface area contributed by atoms with E-state index in [0.717, 1.165) is 56.0 Å². The normalized spacial score (nSPS) is 18.7. The maximum absolute atomic E-state index is 13.3. The van der Waals surface area contributed by atoms with E-state index in [1.54, 1.807) is 16.7 Å². The molecule has 0 bridgehead atoms. The third-order valence-corrected chi connectivity index (χ3v) is 10.3. The largest absolute Gasteiger partial charge is 0.490 e. The number of piperidine rings is 2. The van der Waals surface area contributed by atoms with Crippen molar-refractivity contribution < 1.29 is 32.7 Å². The Morgan fingerprint density at radius 2 is 1.69 bits per heavy atom. The van der Waals surface area contributed by atoms with Crippen LogP contribution in [0.1, 0.15) is 85.1 Å². The van der Waals surface area contributed by atoms with Crippen molar-refractivity contribution in [2.75, 3.05) is 56.0 Å². The van der Waals surface area contributed by atoms with Crippen molar-refractivity contribution >= 4 is 40.8 Å². The zero-order valence-corrected chi connectivity index (χ0v) is 30.3. The highest BCUT2D eigenvalue weighted by atomic mass is 19.3. The van der Waals surface area contributed by atoms with E-state index in [9.17, 15) is 28.0 Å². The summed E-state index contributed by atoms with van der Waals surface area (Å²) >= 11 is 0. The SMILES string of the molecule is CC(C)Oc1cc2nc(C3CCN(CC(=O)N4CCN(c5ccc(C6CCC(=O)NC6=O)cc5)CC4)CC3)cn2cc1C(=O)Nc1cccc(C(F)F)n1. The molecule has 2 N–H and O–H groups in total. The Labute approximate surface area is 311 Å². The number of nitrogens with zero attached hydrogens (tertiary/aromatic N) is 6.